The van der Waals surface area contributed by atoms with Gasteiger partial charge in [0.15, 0.2) is 5.13 Å². The summed E-state index contributed by atoms with van der Waals surface area (Å²) in [4.78, 5) is 21.7. The molecule has 0 radical (unpaired) electrons. The van der Waals surface area contributed by atoms with Crippen LogP contribution in [0.15, 0.2) is 35.4 Å². The first-order valence-electron chi connectivity index (χ1n) is 9.25. The third-order valence-electron chi connectivity index (χ3n) is 4.26. The summed E-state index contributed by atoms with van der Waals surface area (Å²) >= 11 is 2.77. The Morgan fingerprint density at radius 1 is 1.32 bits per heavy atom. The number of nitrogens with zero attached hydrogens (tertiary/aromatic N) is 3. The van der Waals surface area contributed by atoms with E-state index in [9.17, 15) is 10.1 Å². The van der Waals surface area contributed by atoms with Crippen molar-refractivity contribution in [3.8, 4) is 6.07 Å². The maximum absolute atomic E-state index is 12.6. The quantitative estimate of drug-likeness (QED) is 0.532. The highest BCUT2D eigenvalue weighted by Gasteiger charge is 2.19. The van der Waals surface area contributed by atoms with Gasteiger partial charge in [-0.2, -0.15) is 5.26 Å². The van der Waals surface area contributed by atoms with E-state index in [1.807, 2.05) is 32.0 Å². The molecule has 0 spiro atoms. The molecule has 0 bridgehead atoms. The molecule has 0 aliphatic carbocycles. The molecular weight excluding hydrogens is 388 g/mol. The van der Waals surface area contributed by atoms with E-state index >= 15 is 0 Å². The lowest BCUT2D eigenvalue weighted by atomic mass is 10.2. The highest BCUT2D eigenvalue weighted by molar-refractivity contribution is 8.00. The van der Waals surface area contributed by atoms with Gasteiger partial charge in [-0.25, -0.2) is 9.97 Å². The molecule has 0 saturated heterocycles. The summed E-state index contributed by atoms with van der Waals surface area (Å²) in [6.45, 7) is 5.98. The molecule has 0 aliphatic rings. The number of rotatable bonds is 7. The molecule has 7 heteroatoms. The van der Waals surface area contributed by atoms with Crippen LogP contribution in [0, 0.1) is 18.3 Å². The minimum Gasteiger partial charge on any atom is -0.301 e. The van der Waals surface area contributed by atoms with Crippen LogP contribution >= 0.6 is 23.1 Å². The zero-order chi connectivity index (χ0) is 20.1. The van der Waals surface area contributed by atoms with Gasteiger partial charge in [0.2, 0.25) is 5.91 Å². The number of aryl methyl sites for hydroxylation is 2. The minimum atomic E-state index is -0.394. The Kier molecular flexibility index (Phi) is 6.65. The predicted octanol–water partition coefficient (Wildman–Crippen LogP) is 5.33. The number of nitriles is 1. The third kappa shape index (κ3) is 4.89. The normalized spacial score (nSPS) is 11.9. The van der Waals surface area contributed by atoms with E-state index in [1.165, 1.54) is 23.1 Å². The van der Waals surface area contributed by atoms with Gasteiger partial charge in [-0.05, 0) is 56.5 Å². The number of pyridine rings is 1. The fraction of sp³-hybridized carbons (Fsp3) is 0.333. The third-order valence-corrected chi connectivity index (χ3v) is 6.29. The van der Waals surface area contributed by atoms with Crippen LogP contribution in [-0.4, -0.2) is 21.1 Å². The van der Waals surface area contributed by atoms with Crippen molar-refractivity contribution in [2.45, 2.75) is 50.3 Å². The Morgan fingerprint density at radius 2 is 2.14 bits per heavy atom. The van der Waals surface area contributed by atoms with Crippen LogP contribution in [0.2, 0.25) is 0 Å². The minimum absolute atomic E-state index is 0.148. The number of anilines is 1. The van der Waals surface area contributed by atoms with Gasteiger partial charge in [0.05, 0.1) is 21.0 Å². The van der Waals surface area contributed by atoms with Crippen LogP contribution < -0.4 is 5.32 Å². The maximum Gasteiger partial charge on any atom is 0.239 e. The maximum atomic E-state index is 12.6. The topological polar surface area (TPSA) is 78.7 Å². The Bertz CT molecular complexity index is 1040. The van der Waals surface area contributed by atoms with Crippen molar-refractivity contribution in [1.29, 1.82) is 5.26 Å². The number of fused-ring (bicyclic) bond motifs is 1. The Labute approximate surface area is 173 Å². The van der Waals surface area contributed by atoms with E-state index in [-0.39, 0.29) is 5.91 Å². The second-order valence-electron chi connectivity index (χ2n) is 6.61. The summed E-state index contributed by atoms with van der Waals surface area (Å²) in [7, 11) is 0. The average molecular weight is 411 g/mol. The SMILES string of the molecule is CCCCc1ccc(C#N)c(SC(C)C(=O)Nc2nc3ccc(C)cc3s2)n1. The zero-order valence-electron chi connectivity index (χ0n) is 16.2. The lowest BCUT2D eigenvalue weighted by Crippen LogP contribution is -2.22. The van der Waals surface area contributed by atoms with Gasteiger partial charge in [0.25, 0.3) is 0 Å². The summed E-state index contributed by atoms with van der Waals surface area (Å²) in [6.07, 6.45) is 3.02. The van der Waals surface area contributed by atoms with E-state index in [4.69, 9.17) is 0 Å². The molecule has 0 saturated carbocycles. The molecular formula is C21H22N4OS2. The molecule has 1 N–H and O–H groups in total. The summed E-state index contributed by atoms with van der Waals surface area (Å²) in [5.74, 6) is -0.148. The van der Waals surface area contributed by atoms with Gasteiger partial charge in [-0.15, -0.1) is 0 Å². The molecule has 0 fully saturated rings. The van der Waals surface area contributed by atoms with Crippen molar-refractivity contribution in [1.82, 2.24) is 9.97 Å². The number of carbonyl (C=O) groups is 1. The second-order valence-corrected chi connectivity index (χ2v) is 8.97. The number of hydrogen-bond donors (Lipinski definition) is 1. The molecule has 28 heavy (non-hydrogen) atoms. The first-order valence-corrected chi connectivity index (χ1v) is 10.9. The summed E-state index contributed by atoms with van der Waals surface area (Å²) in [5, 5.41) is 13.1. The monoisotopic (exact) mass is 410 g/mol. The largest absolute Gasteiger partial charge is 0.301 e. The van der Waals surface area contributed by atoms with Crippen molar-refractivity contribution >= 4 is 44.4 Å². The molecule has 2 heterocycles. The Hall–Kier alpha value is -2.43. The number of unbranched alkanes of at least 4 members (excludes halogenated alkanes) is 1. The summed E-state index contributed by atoms with van der Waals surface area (Å²) in [5.41, 5.74) is 3.50. The molecule has 0 aliphatic heterocycles. The van der Waals surface area contributed by atoms with Gasteiger partial charge >= 0.3 is 0 Å². The van der Waals surface area contributed by atoms with Gasteiger partial charge in [0.1, 0.15) is 11.1 Å². The van der Waals surface area contributed by atoms with Crippen LogP contribution in [-0.2, 0) is 11.2 Å². The lowest BCUT2D eigenvalue weighted by molar-refractivity contribution is -0.115. The van der Waals surface area contributed by atoms with Gasteiger partial charge < -0.3 is 5.32 Å². The molecule has 1 unspecified atom stereocenters. The molecule has 2 aromatic heterocycles. The first kappa shape index (κ1) is 20.3. The van der Waals surface area contributed by atoms with Crippen LogP contribution in [0.4, 0.5) is 5.13 Å². The Balaban J connectivity index is 1.71. The molecule has 1 amide bonds. The zero-order valence-corrected chi connectivity index (χ0v) is 17.8. The number of thiazole rings is 1. The number of benzene rings is 1. The molecule has 1 atom stereocenters. The first-order chi connectivity index (χ1) is 13.5. The number of hydrogen-bond acceptors (Lipinski definition) is 6. The Morgan fingerprint density at radius 3 is 2.89 bits per heavy atom. The van der Waals surface area contributed by atoms with Crippen LogP contribution in [0.1, 0.15) is 43.5 Å². The van der Waals surface area contributed by atoms with Gasteiger partial charge in [-0.3, -0.25) is 4.79 Å². The highest BCUT2D eigenvalue weighted by Crippen LogP contribution is 2.29. The van der Waals surface area contributed by atoms with E-state index < -0.39 is 5.25 Å². The predicted molar refractivity (Wildman–Crippen MR) is 116 cm³/mol. The van der Waals surface area contributed by atoms with Gasteiger partial charge in [0, 0.05) is 5.69 Å². The number of amides is 1. The number of nitrogens with one attached hydrogen (secondary N) is 1. The fourth-order valence-electron chi connectivity index (χ4n) is 2.66. The fourth-order valence-corrected chi connectivity index (χ4v) is 4.54. The average Bonchev–Trinajstić information content (AvgIpc) is 3.07. The van der Waals surface area contributed by atoms with Crippen molar-refractivity contribution < 1.29 is 4.79 Å². The van der Waals surface area contributed by atoms with Crippen molar-refractivity contribution in [2.75, 3.05) is 5.32 Å². The second kappa shape index (κ2) is 9.18. The molecule has 3 aromatic rings. The summed E-state index contributed by atoms with van der Waals surface area (Å²) in [6, 6.07) is 11.9. The van der Waals surface area contributed by atoms with Crippen LogP contribution in [0.3, 0.4) is 0 Å². The van der Waals surface area contributed by atoms with E-state index in [0.29, 0.717) is 15.7 Å². The molecule has 5 nitrogen and oxygen atoms in total. The van der Waals surface area contributed by atoms with E-state index in [0.717, 1.165) is 40.7 Å². The van der Waals surface area contributed by atoms with Gasteiger partial charge in [-0.1, -0.05) is 42.5 Å². The van der Waals surface area contributed by atoms with E-state index in [1.54, 1.807) is 6.07 Å². The van der Waals surface area contributed by atoms with Crippen LogP contribution in [0.5, 0.6) is 0 Å². The van der Waals surface area contributed by atoms with Crippen molar-refractivity contribution in [3.05, 3.63) is 47.2 Å². The standard InChI is InChI=1S/C21H22N4OS2/c1-4-5-6-16-9-8-15(12-22)20(23-16)27-14(3)19(26)25-21-24-17-10-7-13(2)11-18(17)28-21/h7-11,14H,4-6H2,1-3H3,(H,24,25,26). The molecule has 3 rings (SSSR count). The van der Waals surface area contributed by atoms with Crippen molar-refractivity contribution in [2.24, 2.45) is 0 Å². The van der Waals surface area contributed by atoms with E-state index in [2.05, 4.69) is 34.3 Å². The smallest absolute Gasteiger partial charge is 0.239 e. The van der Waals surface area contributed by atoms with Crippen molar-refractivity contribution in [3.63, 3.8) is 0 Å². The molecule has 1 aromatic carbocycles. The van der Waals surface area contributed by atoms with Crippen LogP contribution in [0.25, 0.3) is 10.2 Å². The highest BCUT2D eigenvalue weighted by atomic mass is 32.2. The number of aromatic nitrogens is 2. The summed E-state index contributed by atoms with van der Waals surface area (Å²) < 4.78 is 1.05. The number of thioether (sulfide) groups is 1. The molecule has 144 valence electrons. The lowest BCUT2D eigenvalue weighted by Gasteiger charge is -2.12. The number of carbonyl (C=O) groups excluding carboxylic acids is 1.